The molecule has 5 nitrogen and oxygen atoms in total. The standard InChI is InChI=1S/C25H23N3O2/c1-18-24(25(30)28(27(18)2)22-11-7-4-8-12-22)26-23(29)17-19-13-15-21(16-14-19)20-9-5-3-6-10-20/h3-16H,17H2,1-2H3,(H,26,29). The van der Waals surface area contributed by atoms with Crippen molar-refractivity contribution in [2.45, 2.75) is 13.3 Å². The number of carbonyl (C=O) groups excluding carboxylic acids is 1. The molecule has 0 saturated carbocycles. The number of hydrogen-bond donors (Lipinski definition) is 1. The smallest absolute Gasteiger partial charge is 0.295 e. The minimum Gasteiger partial charge on any atom is -0.320 e. The van der Waals surface area contributed by atoms with Crippen LogP contribution in [-0.2, 0) is 18.3 Å². The Morgan fingerprint density at radius 2 is 1.40 bits per heavy atom. The Hall–Kier alpha value is -3.86. The van der Waals surface area contributed by atoms with E-state index in [9.17, 15) is 9.59 Å². The van der Waals surface area contributed by atoms with E-state index in [2.05, 4.69) is 17.4 Å². The van der Waals surface area contributed by atoms with Crippen molar-refractivity contribution in [2.75, 3.05) is 5.32 Å². The molecule has 0 aliphatic heterocycles. The van der Waals surface area contributed by atoms with Gasteiger partial charge in [-0.3, -0.25) is 14.3 Å². The first-order valence-electron chi connectivity index (χ1n) is 9.83. The maximum absolute atomic E-state index is 12.9. The quantitative estimate of drug-likeness (QED) is 0.545. The number of benzene rings is 3. The van der Waals surface area contributed by atoms with Gasteiger partial charge in [0.15, 0.2) is 0 Å². The third-order valence-corrected chi connectivity index (χ3v) is 5.24. The lowest BCUT2D eigenvalue weighted by atomic mass is 10.0. The van der Waals surface area contributed by atoms with Crippen molar-refractivity contribution in [3.63, 3.8) is 0 Å². The topological polar surface area (TPSA) is 56.0 Å². The average molecular weight is 397 g/mol. The highest BCUT2D eigenvalue weighted by molar-refractivity contribution is 5.92. The maximum atomic E-state index is 12.9. The molecule has 0 atom stereocenters. The summed E-state index contributed by atoms with van der Waals surface area (Å²) >= 11 is 0. The van der Waals surface area contributed by atoms with E-state index < -0.39 is 0 Å². The molecule has 4 rings (SSSR count). The molecule has 0 aliphatic carbocycles. The van der Waals surface area contributed by atoms with Crippen molar-refractivity contribution < 1.29 is 4.79 Å². The van der Waals surface area contributed by atoms with Crippen molar-refractivity contribution in [3.05, 3.63) is 107 Å². The highest BCUT2D eigenvalue weighted by atomic mass is 16.2. The van der Waals surface area contributed by atoms with Gasteiger partial charge in [0, 0.05) is 7.05 Å². The molecular weight excluding hydrogens is 374 g/mol. The minimum absolute atomic E-state index is 0.203. The molecule has 0 spiro atoms. The molecule has 4 aromatic rings. The summed E-state index contributed by atoms with van der Waals surface area (Å²) in [6, 6.07) is 27.4. The molecule has 3 aromatic carbocycles. The van der Waals surface area contributed by atoms with Crippen LogP contribution in [0.4, 0.5) is 5.69 Å². The minimum atomic E-state index is -0.242. The van der Waals surface area contributed by atoms with Gasteiger partial charge in [-0.25, -0.2) is 4.68 Å². The van der Waals surface area contributed by atoms with Gasteiger partial charge in [-0.2, -0.15) is 0 Å². The molecule has 1 heterocycles. The molecule has 5 heteroatoms. The van der Waals surface area contributed by atoms with Gasteiger partial charge in [-0.05, 0) is 35.7 Å². The van der Waals surface area contributed by atoms with Crippen molar-refractivity contribution in [1.82, 2.24) is 9.36 Å². The van der Waals surface area contributed by atoms with E-state index in [4.69, 9.17) is 0 Å². The lowest BCUT2D eigenvalue weighted by Gasteiger charge is -2.07. The second kappa shape index (κ2) is 8.25. The number of rotatable bonds is 5. The Bertz CT molecular complexity index is 1220. The van der Waals surface area contributed by atoms with E-state index in [0.29, 0.717) is 11.4 Å². The maximum Gasteiger partial charge on any atom is 0.295 e. The first-order valence-corrected chi connectivity index (χ1v) is 9.83. The normalized spacial score (nSPS) is 10.7. The lowest BCUT2D eigenvalue weighted by molar-refractivity contribution is -0.115. The van der Waals surface area contributed by atoms with E-state index in [1.54, 1.807) is 9.36 Å². The fourth-order valence-electron chi connectivity index (χ4n) is 3.53. The van der Waals surface area contributed by atoms with E-state index in [1.807, 2.05) is 86.8 Å². The molecule has 30 heavy (non-hydrogen) atoms. The number of nitrogens with one attached hydrogen (secondary N) is 1. The molecule has 1 aromatic heterocycles. The number of hydrogen-bond acceptors (Lipinski definition) is 2. The van der Waals surface area contributed by atoms with Crippen LogP contribution in [0.5, 0.6) is 0 Å². The van der Waals surface area contributed by atoms with Crippen LogP contribution in [0.2, 0.25) is 0 Å². The van der Waals surface area contributed by atoms with Gasteiger partial charge < -0.3 is 5.32 Å². The Balaban J connectivity index is 1.52. The predicted octanol–water partition coefficient (Wildman–Crippen LogP) is 4.33. The SMILES string of the molecule is Cc1c(NC(=O)Cc2ccc(-c3ccccc3)cc2)c(=O)n(-c2ccccc2)n1C. The summed E-state index contributed by atoms with van der Waals surface area (Å²) < 4.78 is 3.31. The molecule has 0 aliphatic rings. The van der Waals surface area contributed by atoms with Crippen LogP contribution in [-0.4, -0.2) is 15.3 Å². The predicted molar refractivity (Wildman–Crippen MR) is 120 cm³/mol. The number of amides is 1. The molecule has 1 N–H and O–H groups in total. The molecular formula is C25H23N3O2. The van der Waals surface area contributed by atoms with E-state index >= 15 is 0 Å². The summed E-state index contributed by atoms with van der Waals surface area (Å²) in [5, 5.41) is 2.81. The van der Waals surface area contributed by atoms with Crippen LogP contribution in [0.1, 0.15) is 11.3 Å². The monoisotopic (exact) mass is 397 g/mol. The van der Waals surface area contributed by atoms with Crippen LogP contribution in [0, 0.1) is 6.92 Å². The van der Waals surface area contributed by atoms with Crippen molar-refractivity contribution in [2.24, 2.45) is 7.05 Å². The second-order valence-corrected chi connectivity index (χ2v) is 7.22. The van der Waals surface area contributed by atoms with Crippen LogP contribution in [0.25, 0.3) is 16.8 Å². The first kappa shape index (κ1) is 19.5. The first-order chi connectivity index (χ1) is 14.5. The summed E-state index contributed by atoms with van der Waals surface area (Å²) in [4.78, 5) is 25.6. The molecule has 0 radical (unpaired) electrons. The number of carbonyl (C=O) groups is 1. The number of anilines is 1. The fourth-order valence-corrected chi connectivity index (χ4v) is 3.53. The summed E-state index contributed by atoms with van der Waals surface area (Å²) in [7, 11) is 1.81. The van der Waals surface area contributed by atoms with E-state index in [1.165, 1.54) is 0 Å². The summed E-state index contributed by atoms with van der Waals surface area (Å²) in [6.07, 6.45) is 0.203. The Kier molecular flexibility index (Phi) is 5.35. The van der Waals surface area contributed by atoms with Crippen molar-refractivity contribution >= 4 is 11.6 Å². The van der Waals surface area contributed by atoms with Gasteiger partial charge in [0.2, 0.25) is 5.91 Å². The van der Waals surface area contributed by atoms with Gasteiger partial charge in [0.25, 0.3) is 5.56 Å². The van der Waals surface area contributed by atoms with Crippen molar-refractivity contribution in [3.8, 4) is 16.8 Å². The van der Waals surface area contributed by atoms with Gasteiger partial charge in [-0.15, -0.1) is 0 Å². The average Bonchev–Trinajstić information content (AvgIpc) is 2.98. The van der Waals surface area contributed by atoms with Crippen LogP contribution in [0.15, 0.2) is 89.7 Å². The number of para-hydroxylation sites is 1. The molecule has 0 fully saturated rings. The number of aromatic nitrogens is 2. The zero-order valence-corrected chi connectivity index (χ0v) is 17.0. The lowest BCUT2D eigenvalue weighted by Crippen LogP contribution is -2.23. The van der Waals surface area contributed by atoms with Crippen LogP contribution < -0.4 is 10.9 Å². The summed E-state index contributed by atoms with van der Waals surface area (Å²) in [6.45, 7) is 1.82. The Morgan fingerprint density at radius 3 is 2.03 bits per heavy atom. The Morgan fingerprint density at radius 1 is 0.833 bits per heavy atom. The largest absolute Gasteiger partial charge is 0.320 e. The van der Waals surface area contributed by atoms with Crippen LogP contribution in [0.3, 0.4) is 0 Å². The van der Waals surface area contributed by atoms with Crippen LogP contribution >= 0.6 is 0 Å². The van der Waals surface area contributed by atoms with Gasteiger partial charge in [0.1, 0.15) is 5.69 Å². The van der Waals surface area contributed by atoms with Gasteiger partial charge in [0.05, 0.1) is 17.8 Å². The van der Waals surface area contributed by atoms with Gasteiger partial charge >= 0.3 is 0 Å². The van der Waals surface area contributed by atoms with E-state index in [0.717, 1.165) is 22.4 Å². The molecule has 0 saturated heterocycles. The zero-order valence-electron chi connectivity index (χ0n) is 17.0. The molecule has 150 valence electrons. The molecule has 0 bridgehead atoms. The zero-order chi connectivity index (χ0) is 21.1. The van der Waals surface area contributed by atoms with Gasteiger partial charge in [-0.1, -0.05) is 72.8 Å². The Labute approximate surface area is 175 Å². The highest BCUT2D eigenvalue weighted by Crippen LogP contribution is 2.20. The van der Waals surface area contributed by atoms with E-state index in [-0.39, 0.29) is 17.9 Å². The number of nitrogens with zero attached hydrogens (tertiary/aromatic N) is 2. The molecule has 1 amide bonds. The summed E-state index contributed by atoms with van der Waals surface area (Å²) in [5.41, 5.74) is 4.66. The second-order valence-electron chi connectivity index (χ2n) is 7.22. The molecule has 0 unspecified atom stereocenters. The highest BCUT2D eigenvalue weighted by Gasteiger charge is 2.18. The third-order valence-electron chi connectivity index (χ3n) is 5.24. The fraction of sp³-hybridized carbons (Fsp3) is 0.120. The summed E-state index contributed by atoms with van der Waals surface area (Å²) in [5.74, 6) is -0.214. The third kappa shape index (κ3) is 3.82. The van der Waals surface area contributed by atoms with Crippen molar-refractivity contribution in [1.29, 1.82) is 0 Å².